The van der Waals surface area contributed by atoms with Gasteiger partial charge in [0.15, 0.2) is 0 Å². The molecule has 1 amide bonds. The van der Waals surface area contributed by atoms with Crippen LogP contribution < -0.4 is 10.2 Å². The second-order valence-corrected chi connectivity index (χ2v) is 5.72. The van der Waals surface area contributed by atoms with Gasteiger partial charge in [-0.15, -0.1) is 0 Å². The molecule has 0 aliphatic carbocycles. The summed E-state index contributed by atoms with van der Waals surface area (Å²) in [6.07, 6.45) is 5.55. The fourth-order valence-electron chi connectivity index (χ4n) is 2.54. The average molecular weight is 296 g/mol. The molecule has 5 nitrogen and oxygen atoms in total. The van der Waals surface area contributed by atoms with Gasteiger partial charge >= 0.3 is 0 Å². The van der Waals surface area contributed by atoms with E-state index in [9.17, 15) is 4.79 Å². The number of nitrogens with zero attached hydrogens (tertiary/aromatic N) is 3. The van der Waals surface area contributed by atoms with E-state index < -0.39 is 0 Å². The first-order chi connectivity index (χ1) is 10.6. The summed E-state index contributed by atoms with van der Waals surface area (Å²) in [6, 6.07) is 5.87. The molecular weight excluding hydrogens is 276 g/mol. The van der Waals surface area contributed by atoms with Gasteiger partial charge in [0, 0.05) is 31.2 Å². The average Bonchev–Trinajstić information content (AvgIpc) is 3.05. The number of carbonyl (C=O) groups excluding carboxylic acids is 1. The SMILES string of the molecule is Cc1ccc(NC(=O)c2cnc(N3CCCC3)nc2)cc1C. The van der Waals surface area contributed by atoms with Crippen LogP contribution in [0.2, 0.25) is 0 Å². The topological polar surface area (TPSA) is 58.1 Å². The van der Waals surface area contributed by atoms with E-state index in [0.29, 0.717) is 11.5 Å². The first-order valence-corrected chi connectivity index (χ1v) is 7.59. The maximum absolute atomic E-state index is 12.2. The summed E-state index contributed by atoms with van der Waals surface area (Å²) < 4.78 is 0. The number of benzene rings is 1. The van der Waals surface area contributed by atoms with Crippen molar-refractivity contribution in [3.05, 3.63) is 47.3 Å². The summed E-state index contributed by atoms with van der Waals surface area (Å²) in [4.78, 5) is 23.0. The van der Waals surface area contributed by atoms with E-state index in [1.807, 2.05) is 32.0 Å². The number of aryl methyl sites for hydroxylation is 2. The first-order valence-electron chi connectivity index (χ1n) is 7.59. The molecule has 0 unspecified atom stereocenters. The molecular formula is C17H20N4O. The fourth-order valence-corrected chi connectivity index (χ4v) is 2.54. The van der Waals surface area contributed by atoms with Crippen LogP contribution >= 0.6 is 0 Å². The van der Waals surface area contributed by atoms with Crippen molar-refractivity contribution in [2.24, 2.45) is 0 Å². The largest absolute Gasteiger partial charge is 0.341 e. The van der Waals surface area contributed by atoms with Crippen LogP contribution in [-0.4, -0.2) is 29.0 Å². The molecule has 0 radical (unpaired) electrons. The van der Waals surface area contributed by atoms with Crippen molar-refractivity contribution in [1.29, 1.82) is 0 Å². The van der Waals surface area contributed by atoms with Crippen molar-refractivity contribution < 1.29 is 4.79 Å². The third kappa shape index (κ3) is 3.08. The summed E-state index contributed by atoms with van der Waals surface area (Å²) in [6.45, 7) is 6.06. The number of anilines is 2. The first kappa shape index (κ1) is 14.5. The van der Waals surface area contributed by atoms with Crippen molar-refractivity contribution in [1.82, 2.24) is 9.97 Å². The van der Waals surface area contributed by atoms with Gasteiger partial charge in [-0.2, -0.15) is 0 Å². The number of carbonyl (C=O) groups is 1. The van der Waals surface area contributed by atoms with Crippen LogP contribution in [0.3, 0.4) is 0 Å². The third-order valence-electron chi connectivity index (χ3n) is 4.05. The number of rotatable bonds is 3. The van der Waals surface area contributed by atoms with E-state index in [-0.39, 0.29) is 5.91 Å². The van der Waals surface area contributed by atoms with Crippen LogP contribution in [0.15, 0.2) is 30.6 Å². The quantitative estimate of drug-likeness (QED) is 0.946. The molecule has 2 aromatic rings. The summed E-state index contributed by atoms with van der Waals surface area (Å²) in [5, 5.41) is 2.88. The zero-order valence-corrected chi connectivity index (χ0v) is 13.0. The van der Waals surface area contributed by atoms with Gasteiger partial charge in [0.05, 0.1) is 5.56 Å². The van der Waals surface area contributed by atoms with E-state index >= 15 is 0 Å². The maximum Gasteiger partial charge on any atom is 0.258 e. The molecule has 0 spiro atoms. The predicted molar refractivity (Wildman–Crippen MR) is 87.3 cm³/mol. The van der Waals surface area contributed by atoms with Crippen LogP contribution in [-0.2, 0) is 0 Å². The zero-order chi connectivity index (χ0) is 15.5. The van der Waals surface area contributed by atoms with Crippen molar-refractivity contribution >= 4 is 17.5 Å². The van der Waals surface area contributed by atoms with Gasteiger partial charge in [0.25, 0.3) is 5.91 Å². The molecule has 1 fully saturated rings. The molecule has 114 valence electrons. The predicted octanol–water partition coefficient (Wildman–Crippen LogP) is 2.95. The Labute approximate surface area is 130 Å². The molecule has 1 aliphatic heterocycles. The second kappa shape index (κ2) is 6.13. The fraction of sp³-hybridized carbons (Fsp3) is 0.353. The molecule has 5 heteroatoms. The van der Waals surface area contributed by atoms with Gasteiger partial charge in [0.1, 0.15) is 0 Å². The van der Waals surface area contributed by atoms with E-state index in [2.05, 4.69) is 20.2 Å². The Bertz CT molecular complexity index is 676. The second-order valence-electron chi connectivity index (χ2n) is 5.72. The molecule has 2 heterocycles. The number of amides is 1. The summed E-state index contributed by atoms with van der Waals surface area (Å²) >= 11 is 0. The zero-order valence-electron chi connectivity index (χ0n) is 13.0. The number of nitrogens with one attached hydrogen (secondary N) is 1. The van der Waals surface area contributed by atoms with Gasteiger partial charge in [-0.05, 0) is 49.9 Å². The third-order valence-corrected chi connectivity index (χ3v) is 4.05. The minimum absolute atomic E-state index is 0.184. The molecule has 0 saturated carbocycles. The Morgan fingerprint density at radius 1 is 1.09 bits per heavy atom. The van der Waals surface area contributed by atoms with E-state index in [1.54, 1.807) is 12.4 Å². The summed E-state index contributed by atoms with van der Waals surface area (Å²) in [7, 11) is 0. The van der Waals surface area contributed by atoms with Gasteiger partial charge in [-0.1, -0.05) is 6.07 Å². The van der Waals surface area contributed by atoms with Crippen molar-refractivity contribution in [3.8, 4) is 0 Å². The highest BCUT2D eigenvalue weighted by Gasteiger charge is 2.15. The smallest absolute Gasteiger partial charge is 0.258 e. The highest BCUT2D eigenvalue weighted by Crippen LogP contribution is 2.17. The Hall–Kier alpha value is -2.43. The lowest BCUT2D eigenvalue weighted by Gasteiger charge is -2.14. The normalized spacial score (nSPS) is 14.2. The monoisotopic (exact) mass is 296 g/mol. The molecule has 1 aromatic heterocycles. The van der Waals surface area contributed by atoms with Crippen LogP contribution in [0.4, 0.5) is 11.6 Å². The summed E-state index contributed by atoms with van der Waals surface area (Å²) in [5.41, 5.74) is 3.62. The molecule has 3 rings (SSSR count). The standard InChI is InChI=1S/C17H20N4O/c1-12-5-6-15(9-13(12)2)20-16(22)14-10-18-17(19-11-14)21-7-3-4-8-21/h5-6,9-11H,3-4,7-8H2,1-2H3,(H,20,22). The number of hydrogen-bond donors (Lipinski definition) is 1. The van der Waals surface area contributed by atoms with Gasteiger partial charge in [-0.25, -0.2) is 9.97 Å². The van der Waals surface area contributed by atoms with Gasteiger partial charge in [0.2, 0.25) is 5.95 Å². The van der Waals surface area contributed by atoms with Crippen LogP contribution in [0.5, 0.6) is 0 Å². The molecule has 0 atom stereocenters. The highest BCUT2D eigenvalue weighted by atomic mass is 16.1. The number of aromatic nitrogens is 2. The lowest BCUT2D eigenvalue weighted by atomic mass is 10.1. The molecule has 1 saturated heterocycles. The van der Waals surface area contributed by atoms with E-state index in [0.717, 1.165) is 24.3 Å². The Kier molecular flexibility index (Phi) is 4.04. The highest BCUT2D eigenvalue weighted by molar-refractivity contribution is 6.03. The Balaban J connectivity index is 1.70. The van der Waals surface area contributed by atoms with Gasteiger partial charge < -0.3 is 10.2 Å². The molecule has 0 bridgehead atoms. The van der Waals surface area contributed by atoms with Crippen LogP contribution in [0.25, 0.3) is 0 Å². The van der Waals surface area contributed by atoms with Crippen molar-refractivity contribution in [3.63, 3.8) is 0 Å². The Morgan fingerprint density at radius 3 is 2.41 bits per heavy atom. The van der Waals surface area contributed by atoms with Crippen LogP contribution in [0, 0.1) is 13.8 Å². The lowest BCUT2D eigenvalue weighted by Crippen LogP contribution is -2.21. The van der Waals surface area contributed by atoms with Crippen molar-refractivity contribution in [2.75, 3.05) is 23.3 Å². The minimum Gasteiger partial charge on any atom is -0.341 e. The lowest BCUT2D eigenvalue weighted by molar-refractivity contribution is 0.102. The molecule has 1 aliphatic rings. The maximum atomic E-state index is 12.2. The van der Waals surface area contributed by atoms with E-state index in [1.165, 1.54) is 18.4 Å². The molecule has 22 heavy (non-hydrogen) atoms. The van der Waals surface area contributed by atoms with Crippen molar-refractivity contribution in [2.45, 2.75) is 26.7 Å². The van der Waals surface area contributed by atoms with Crippen LogP contribution in [0.1, 0.15) is 34.3 Å². The molecule has 1 aromatic carbocycles. The van der Waals surface area contributed by atoms with Gasteiger partial charge in [-0.3, -0.25) is 4.79 Å². The molecule has 1 N–H and O–H groups in total. The number of hydrogen-bond acceptors (Lipinski definition) is 4. The minimum atomic E-state index is -0.184. The van der Waals surface area contributed by atoms with E-state index in [4.69, 9.17) is 0 Å². The summed E-state index contributed by atoms with van der Waals surface area (Å²) in [5.74, 6) is 0.524. The Morgan fingerprint density at radius 2 is 1.77 bits per heavy atom.